The van der Waals surface area contributed by atoms with Gasteiger partial charge in [-0.15, -0.1) is 0 Å². The Morgan fingerprint density at radius 1 is 1.30 bits per heavy atom. The Bertz CT molecular complexity index is 380. The Morgan fingerprint density at radius 3 is 2.70 bits per heavy atom. The van der Waals surface area contributed by atoms with Gasteiger partial charge in [-0.3, -0.25) is 9.59 Å². The van der Waals surface area contributed by atoms with Crippen LogP contribution in [0.2, 0.25) is 0 Å². The van der Waals surface area contributed by atoms with Crippen molar-refractivity contribution < 1.29 is 19.4 Å². The fourth-order valence-corrected chi connectivity index (χ4v) is 3.62. The van der Waals surface area contributed by atoms with Gasteiger partial charge in [0.2, 0.25) is 5.91 Å². The number of aliphatic carboxylic acids is 1. The molecule has 2 fully saturated rings. The zero-order valence-corrected chi connectivity index (χ0v) is 12.4. The van der Waals surface area contributed by atoms with Crippen molar-refractivity contribution in [2.45, 2.75) is 64.5 Å². The Balaban J connectivity index is 1.75. The van der Waals surface area contributed by atoms with Crippen LogP contribution in [0.1, 0.15) is 52.4 Å². The van der Waals surface area contributed by atoms with Gasteiger partial charge in [-0.2, -0.15) is 0 Å². The van der Waals surface area contributed by atoms with Gasteiger partial charge < -0.3 is 15.2 Å². The average molecular weight is 283 g/mol. The van der Waals surface area contributed by atoms with Crippen molar-refractivity contribution >= 4 is 11.9 Å². The lowest BCUT2D eigenvalue weighted by atomic mass is 9.55. The highest BCUT2D eigenvalue weighted by Crippen LogP contribution is 2.51. The zero-order chi connectivity index (χ0) is 14.8. The van der Waals surface area contributed by atoms with Crippen molar-refractivity contribution in [2.75, 3.05) is 6.61 Å². The number of nitrogens with one attached hydrogen (secondary N) is 1. The van der Waals surface area contributed by atoms with Crippen LogP contribution in [-0.2, 0) is 14.3 Å². The van der Waals surface area contributed by atoms with Crippen LogP contribution in [0.3, 0.4) is 0 Å². The van der Waals surface area contributed by atoms with Gasteiger partial charge >= 0.3 is 5.97 Å². The lowest BCUT2D eigenvalue weighted by Gasteiger charge is -2.59. The van der Waals surface area contributed by atoms with E-state index in [1.165, 1.54) is 0 Å². The van der Waals surface area contributed by atoms with E-state index in [1.807, 2.05) is 0 Å². The van der Waals surface area contributed by atoms with Gasteiger partial charge in [-0.1, -0.05) is 13.8 Å². The number of fused-ring (bicyclic) bond motifs is 1. The molecule has 0 aromatic carbocycles. The van der Waals surface area contributed by atoms with Crippen LogP contribution in [0, 0.1) is 11.3 Å². The first-order valence-electron chi connectivity index (χ1n) is 7.55. The summed E-state index contributed by atoms with van der Waals surface area (Å²) in [6.45, 7) is 5.13. The van der Waals surface area contributed by atoms with Gasteiger partial charge in [0.25, 0.3) is 0 Å². The maximum Gasteiger partial charge on any atom is 0.303 e. The summed E-state index contributed by atoms with van der Waals surface area (Å²) >= 11 is 0. The molecular weight excluding hydrogens is 258 g/mol. The Labute approximate surface area is 120 Å². The highest BCUT2D eigenvalue weighted by molar-refractivity contribution is 5.76. The molecule has 5 nitrogen and oxygen atoms in total. The van der Waals surface area contributed by atoms with Crippen LogP contribution >= 0.6 is 0 Å². The van der Waals surface area contributed by atoms with Crippen molar-refractivity contribution in [1.29, 1.82) is 0 Å². The molecule has 20 heavy (non-hydrogen) atoms. The van der Waals surface area contributed by atoms with E-state index in [9.17, 15) is 9.59 Å². The number of carbonyl (C=O) groups excluding carboxylic acids is 1. The second-order valence-corrected chi connectivity index (χ2v) is 6.56. The summed E-state index contributed by atoms with van der Waals surface area (Å²) in [4.78, 5) is 22.4. The first-order chi connectivity index (χ1) is 9.43. The normalized spacial score (nSPS) is 31.0. The lowest BCUT2D eigenvalue weighted by molar-refractivity contribution is -0.193. The minimum Gasteiger partial charge on any atom is -0.481 e. The van der Waals surface area contributed by atoms with Crippen LogP contribution in [0.4, 0.5) is 0 Å². The molecule has 0 radical (unpaired) electrons. The molecule has 5 heteroatoms. The highest BCUT2D eigenvalue weighted by Gasteiger charge is 2.58. The van der Waals surface area contributed by atoms with Gasteiger partial charge in [0.15, 0.2) is 0 Å². The number of rotatable bonds is 6. The summed E-state index contributed by atoms with van der Waals surface area (Å²) in [5, 5.41) is 11.7. The molecule has 3 unspecified atom stereocenters. The van der Waals surface area contributed by atoms with Crippen molar-refractivity contribution in [2.24, 2.45) is 11.3 Å². The van der Waals surface area contributed by atoms with Crippen molar-refractivity contribution in [3.63, 3.8) is 0 Å². The molecule has 2 rings (SSSR count). The number of carboxylic acid groups (broad SMARTS) is 1. The summed E-state index contributed by atoms with van der Waals surface area (Å²) in [7, 11) is 0. The predicted molar refractivity (Wildman–Crippen MR) is 74.3 cm³/mol. The zero-order valence-electron chi connectivity index (χ0n) is 12.4. The molecule has 2 N–H and O–H groups in total. The molecule has 0 aromatic heterocycles. The summed E-state index contributed by atoms with van der Waals surface area (Å²) in [6.07, 6.45) is 4.22. The van der Waals surface area contributed by atoms with E-state index in [-0.39, 0.29) is 29.9 Å². The first-order valence-corrected chi connectivity index (χ1v) is 7.55. The first kappa shape index (κ1) is 15.3. The third-order valence-electron chi connectivity index (χ3n) is 4.69. The van der Waals surface area contributed by atoms with Gasteiger partial charge in [0.05, 0.1) is 6.10 Å². The highest BCUT2D eigenvalue weighted by atomic mass is 16.5. The number of hydrogen-bond acceptors (Lipinski definition) is 3. The molecule has 1 aliphatic carbocycles. The van der Waals surface area contributed by atoms with Crippen molar-refractivity contribution in [1.82, 2.24) is 5.32 Å². The fraction of sp³-hybridized carbons (Fsp3) is 0.867. The minimum atomic E-state index is -0.798. The molecule has 1 saturated heterocycles. The summed E-state index contributed by atoms with van der Waals surface area (Å²) in [6, 6.07) is 0.194. The van der Waals surface area contributed by atoms with Crippen molar-refractivity contribution in [3.8, 4) is 0 Å². The third-order valence-corrected chi connectivity index (χ3v) is 4.69. The van der Waals surface area contributed by atoms with E-state index in [0.29, 0.717) is 25.2 Å². The third kappa shape index (κ3) is 3.14. The second kappa shape index (κ2) is 6.12. The molecule has 3 atom stereocenters. The standard InChI is InChI=1S/C15H25NO4/c1-15(2)13(10-6-5-9-20-14(10)15)16-11(17)7-3-4-8-12(18)19/h10,13-14H,3-9H2,1-2H3,(H,16,17)(H,18,19). The maximum absolute atomic E-state index is 12.0. The number of carbonyl (C=O) groups is 2. The molecule has 1 saturated carbocycles. The number of ether oxygens (including phenoxy) is 1. The van der Waals surface area contributed by atoms with E-state index in [0.717, 1.165) is 19.4 Å². The Hall–Kier alpha value is -1.10. The monoisotopic (exact) mass is 283 g/mol. The largest absolute Gasteiger partial charge is 0.481 e. The molecule has 2 aliphatic rings. The minimum absolute atomic E-state index is 0.00180. The lowest BCUT2D eigenvalue weighted by Crippen LogP contribution is -2.70. The van der Waals surface area contributed by atoms with E-state index < -0.39 is 5.97 Å². The van der Waals surface area contributed by atoms with Gasteiger partial charge in [0, 0.05) is 36.8 Å². The van der Waals surface area contributed by atoms with Crippen LogP contribution < -0.4 is 5.32 Å². The van der Waals surface area contributed by atoms with Gasteiger partial charge in [0.1, 0.15) is 0 Å². The molecular formula is C15H25NO4. The van der Waals surface area contributed by atoms with E-state index in [4.69, 9.17) is 9.84 Å². The molecule has 1 aliphatic heterocycles. The van der Waals surface area contributed by atoms with Crippen LogP contribution in [0.5, 0.6) is 0 Å². The number of unbranched alkanes of at least 4 members (excludes halogenated alkanes) is 1. The number of hydrogen-bond donors (Lipinski definition) is 2. The fourth-order valence-electron chi connectivity index (χ4n) is 3.62. The summed E-state index contributed by atoms with van der Waals surface area (Å²) in [5.41, 5.74) is 0.00180. The van der Waals surface area contributed by atoms with E-state index >= 15 is 0 Å². The molecule has 1 heterocycles. The molecule has 1 amide bonds. The average Bonchev–Trinajstić information content (AvgIpc) is 2.41. The molecule has 0 spiro atoms. The summed E-state index contributed by atoms with van der Waals surface area (Å²) < 4.78 is 5.81. The molecule has 114 valence electrons. The van der Waals surface area contributed by atoms with Crippen LogP contribution in [0.15, 0.2) is 0 Å². The van der Waals surface area contributed by atoms with Crippen molar-refractivity contribution in [3.05, 3.63) is 0 Å². The van der Waals surface area contributed by atoms with Crippen LogP contribution in [0.25, 0.3) is 0 Å². The summed E-state index contributed by atoms with van der Waals surface area (Å²) in [5.74, 6) is -0.313. The van der Waals surface area contributed by atoms with E-state index in [2.05, 4.69) is 19.2 Å². The Morgan fingerprint density at radius 2 is 2.00 bits per heavy atom. The van der Waals surface area contributed by atoms with Crippen LogP contribution in [-0.4, -0.2) is 35.7 Å². The Kier molecular flexibility index (Phi) is 4.68. The number of amides is 1. The molecule has 0 aromatic rings. The second-order valence-electron chi connectivity index (χ2n) is 6.56. The SMILES string of the molecule is CC1(C)C(NC(=O)CCCCC(=O)O)C2CCCOC21. The maximum atomic E-state index is 12.0. The quantitative estimate of drug-likeness (QED) is 0.731. The predicted octanol–water partition coefficient (Wildman–Crippen LogP) is 1.95. The number of carboxylic acids is 1. The topological polar surface area (TPSA) is 75.6 Å². The molecule has 0 bridgehead atoms. The van der Waals surface area contributed by atoms with E-state index in [1.54, 1.807) is 0 Å². The van der Waals surface area contributed by atoms with Gasteiger partial charge in [-0.05, 0) is 25.7 Å². The van der Waals surface area contributed by atoms with Gasteiger partial charge in [-0.25, -0.2) is 0 Å². The smallest absolute Gasteiger partial charge is 0.303 e.